The molecule has 1 aromatic rings. The van der Waals surface area contributed by atoms with Crippen LogP contribution in [0.1, 0.15) is 24.4 Å². The van der Waals surface area contributed by atoms with Gasteiger partial charge < -0.3 is 15.2 Å². The third-order valence-electron chi connectivity index (χ3n) is 4.00. The van der Waals surface area contributed by atoms with Crippen LogP contribution in [0.25, 0.3) is 0 Å². The normalized spacial score (nSPS) is 18.2. The van der Waals surface area contributed by atoms with Crippen molar-refractivity contribution in [1.29, 1.82) is 0 Å². The van der Waals surface area contributed by atoms with E-state index in [2.05, 4.69) is 16.9 Å². The minimum atomic E-state index is 0.205. The molecular weight excluding hydrogens is 254 g/mol. The fraction of sp³-hybridized carbons (Fsp3) is 0.667. The Morgan fingerprint density at radius 3 is 2.75 bits per heavy atom. The minimum Gasteiger partial charge on any atom is -0.481 e. The van der Waals surface area contributed by atoms with Gasteiger partial charge in [0.15, 0.2) is 0 Å². The molecule has 2 N–H and O–H groups in total. The summed E-state index contributed by atoms with van der Waals surface area (Å²) in [6, 6.07) is 4.14. The molecule has 1 atom stereocenters. The standard InChI is InChI=1S/C15H25N3O2/c1-18(11-12-5-7-20-8-6-12)14(9-16)13-3-4-15(19-2)17-10-13/h3-4,10,12,14H,5-9,11,16H2,1-2H3. The van der Waals surface area contributed by atoms with Gasteiger partial charge in [-0.2, -0.15) is 0 Å². The van der Waals surface area contributed by atoms with Crippen LogP contribution in [-0.2, 0) is 4.74 Å². The number of hydrogen-bond acceptors (Lipinski definition) is 5. The van der Waals surface area contributed by atoms with Gasteiger partial charge in [0.2, 0.25) is 5.88 Å². The molecule has 1 fully saturated rings. The quantitative estimate of drug-likeness (QED) is 0.854. The SMILES string of the molecule is COc1ccc(C(CN)N(C)CC2CCOCC2)cn1. The number of methoxy groups -OCH3 is 1. The highest BCUT2D eigenvalue weighted by molar-refractivity contribution is 5.21. The second kappa shape index (κ2) is 7.57. The molecule has 5 nitrogen and oxygen atoms in total. The highest BCUT2D eigenvalue weighted by Crippen LogP contribution is 2.23. The Kier molecular flexibility index (Phi) is 5.76. The number of rotatable bonds is 6. The van der Waals surface area contributed by atoms with Crippen LogP contribution < -0.4 is 10.5 Å². The Morgan fingerprint density at radius 2 is 2.20 bits per heavy atom. The predicted molar refractivity (Wildman–Crippen MR) is 78.8 cm³/mol. The Balaban J connectivity index is 1.98. The first kappa shape index (κ1) is 15.2. The monoisotopic (exact) mass is 279 g/mol. The lowest BCUT2D eigenvalue weighted by molar-refractivity contribution is 0.0507. The summed E-state index contributed by atoms with van der Waals surface area (Å²) < 4.78 is 10.5. The second-order valence-electron chi connectivity index (χ2n) is 5.38. The van der Waals surface area contributed by atoms with Gasteiger partial charge in [0.05, 0.1) is 7.11 Å². The third kappa shape index (κ3) is 3.91. The molecule has 20 heavy (non-hydrogen) atoms. The van der Waals surface area contributed by atoms with Crippen LogP contribution in [-0.4, -0.2) is 50.3 Å². The first-order valence-electron chi connectivity index (χ1n) is 7.22. The van der Waals surface area contributed by atoms with Gasteiger partial charge in [-0.1, -0.05) is 6.07 Å². The van der Waals surface area contributed by atoms with Crippen LogP contribution in [0.15, 0.2) is 18.3 Å². The highest BCUT2D eigenvalue weighted by atomic mass is 16.5. The van der Waals surface area contributed by atoms with Gasteiger partial charge in [-0.3, -0.25) is 4.90 Å². The van der Waals surface area contributed by atoms with Crippen LogP contribution in [0.3, 0.4) is 0 Å². The Bertz CT molecular complexity index is 391. The van der Waals surface area contributed by atoms with E-state index in [9.17, 15) is 0 Å². The lowest BCUT2D eigenvalue weighted by Gasteiger charge is -2.32. The van der Waals surface area contributed by atoms with Crippen molar-refractivity contribution >= 4 is 0 Å². The van der Waals surface area contributed by atoms with Crippen molar-refractivity contribution < 1.29 is 9.47 Å². The molecular formula is C15H25N3O2. The summed E-state index contributed by atoms with van der Waals surface area (Å²) in [4.78, 5) is 6.60. The second-order valence-corrected chi connectivity index (χ2v) is 5.38. The minimum absolute atomic E-state index is 0.205. The van der Waals surface area contributed by atoms with Crippen molar-refractivity contribution in [2.45, 2.75) is 18.9 Å². The van der Waals surface area contributed by atoms with E-state index in [0.29, 0.717) is 18.3 Å². The van der Waals surface area contributed by atoms with Crippen LogP contribution in [0.4, 0.5) is 0 Å². The number of ether oxygens (including phenoxy) is 2. The molecule has 0 radical (unpaired) electrons. The maximum absolute atomic E-state index is 5.96. The first-order valence-corrected chi connectivity index (χ1v) is 7.22. The summed E-state index contributed by atoms with van der Waals surface area (Å²) in [6.45, 7) is 3.41. The van der Waals surface area contributed by atoms with Crippen molar-refractivity contribution in [3.63, 3.8) is 0 Å². The van der Waals surface area contributed by atoms with Gasteiger partial charge in [0.25, 0.3) is 0 Å². The summed E-state index contributed by atoms with van der Waals surface area (Å²) in [7, 11) is 3.76. The zero-order chi connectivity index (χ0) is 14.4. The molecule has 0 amide bonds. The van der Waals surface area contributed by atoms with E-state index < -0.39 is 0 Å². The molecule has 1 aliphatic heterocycles. The molecule has 112 valence electrons. The Labute approximate surface area is 121 Å². The predicted octanol–water partition coefficient (Wildman–Crippen LogP) is 1.45. The van der Waals surface area contributed by atoms with Crippen molar-refractivity contribution in [1.82, 2.24) is 9.88 Å². The summed E-state index contributed by atoms with van der Waals surface area (Å²) in [5, 5.41) is 0. The van der Waals surface area contributed by atoms with E-state index in [-0.39, 0.29) is 6.04 Å². The molecule has 0 aliphatic carbocycles. The van der Waals surface area contributed by atoms with E-state index in [1.165, 1.54) is 0 Å². The Morgan fingerprint density at radius 1 is 1.45 bits per heavy atom. The maximum Gasteiger partial charge on any atom is 0.212 e. The average Bonchev–Trinajstić information content (AvgIpc) is 2.49. The van der Waals surface area contributed by atoms with Crippen molar-refractivity contribution in [3.05, 3.63) is 23.9 Å². The Hall–Kier alpha value is -1.17. The molecule has 2 heterocycles. The molecule has 5 heteroatoms. The molecule has 1 aromatic heterocycles. The first-order chi connectivity index (χ1) is 9.74. The van der Waals surface area contributed by atoms with Crippen LogP contribution in [0.2, 0.25) is 0 Å². The van der Waals surface area contributed by atoms with Gasteiger partial charge in [0.1, 0.15) is 0 Å². The summed E-state index contributed by atoms with van der Waals surface area (Å²) in [6.07, 6.45) is 4.14. The number of likely N-dealkylation sites (N-methyl/N-ethyl adjacent to an activating group) is 1. The van der Waals surface area contributed by atoms with Crippen LogP contribution in [0, 0.1) is 5.92 Å². The van der Waals surface area contributed by atoms with Gasteiger partial charge in [-0.05, 0) is 31.4 Å². The molecule has 0 aromatic carbocycles. The van der Waals surface area contributed by atoms with E-state index >= 15 is 0 Å². The molecule has 0 saturated carbocycles. The number of hydrogen-bond donors (Lipinski definition) is 1. The van der Waals surface area contributed by atoms with E-state index in [1.54, 1.807) is 7.11 Å². The molecule has 1 aliphatic rings. The van der Waals surface area contributed by atoms with E-state index in [1.807, 2.05) is 18.3 Å². The number of nitrogens with zero attached hydrogens (tertiary/aromatic N) is 2. The molecule has 2 rings (SSSR count). The third-order valence-corrected chi connectivity index (χ3v) is 4.00. The van der Waals surface area contributed by atoms with Gasteiger partial charge in [0, 0.05) is 44.6 Å². The maximum atomic E-state index is 5.96. The summed E-state index contributed by atoms with van der Waals surface area (Å²) in [5.74, 6) is 1.34. The zero-order valence-electron chi connectivity index (χ0n) is 12.4. The van der Waals surface area contributed by atoms with Crippen molar-refractivity contribution in [2.24, 2.45) is 11.7 Å². The molecule has 0 bridgehead atoms. The van der Waals surface area contributed by atoms with Crippen LogP contribution in [0.5, 0.6) is 5.88 Å². The van der Waals surface area contributed by atoms with Gasteiger partial charge >= 0.3 is 0 Å². The van der Waals surface area contributed by atoms with E-state index in [0.717, 1.165) is 38.2 Å². The fourth-order valence-corrected chi connectivity index (χ4v) is 2.74. The van der Waals surface area contributed by atoms with Crippen LogP contribution >= 0.6 is 0 Å². The number of pyridine rings is 1. The lowest BCUT2D eigenvalue weighted by atomic mass is 9.98. The van der Waals surface area contributed by atoms with Crippen molar-refractivity contribution in [2.75, 3.05) is 40.5 Å². The largest absolute Gasteiger partial charge is 0.481 e. The number of nitrogens with two attached hydrogens (primary N) is 1. The summed E-state index contributed by atoms with van der Waals surface area (Å²) >= 11 is 0. The van der Waals surface area contributed by atoms with Crippen molar-refractivity contribution in [3.8, 4) is 5.88 Å². The summed E-state index contributed by atoms with van der Waals surface area (Å²) in [5.41, 5.74) is 7.10. The smallest absolute Gasteiger partial charge is 0.212 e. The lowest BCUT2D eigenvalue weighted by Crippen LogP contribution is -2.36. The zero-order valence-corrected chi connectivity index (χ0v) is 12.4. The molecule has 1 unspecified atom stereocenters. The molecule has 0 spiro atoms. The number of aromatic nitrogens is 1. The fourth-order valence-electron chi connectivity index (χ4n) is 2.74. The van der Waals surface area contributed by atoms with E-state index in [4.69, 9.17) is 15.2 Å². The topological polar surface area (TPSA) is 60.6 Å². The van der Waals surface area contributed by atoms with Gasteiger partial charge in [-0.15, -0.1) is 0 Å². The van der Waals surface area contributed by atoms with Gasteiger partial charge in [-0.25, -0.2) is 4.98 Å². The average molecular weight is 279 g/mol. The molecule has 1 saturated heterocycles. The highest BCUT2D eigenvalue weighted by Gasteiger charge is 2.21.